The van der Waals surface area contributed by atoms with E-state index in [-0.39, 0.29) is 11.8 Å². The number of amides is 2. The summed E-state index contributed by atoms with van der Waals surface area (Å²) in [5.74, 6) is 1.78. The molecule has 2 amide bonds. The van der Waals surface area contributed by atoms with E-state index in [1.165, 1.54) is 0 Å². The highest BCUT2D eigenvalue weighted by Gasteiger charge is 2.20. The monoisotopic (exact) mass is 416 g/mol. The van der Waals surface area contributed by atoms with Crippen LogP contribution in [0.3, 0.4) is 0 Å². The quantitative estimate of drug-likeness (QED) is 0.643. The minimum Gasteiger partial charge on any atom is -0.337 e. The van der Waals surface area contributed by atoms with Crippen LogP contribution in [0.25, 0.3) is 11.1 Å². The number of rotatable bonds is 4. The molecule has 0 aliphatic carbocycles. The Morgan fingerprint density at radius 1 is 0.900 bits per heavy atom. The van der Waals surface area contributed by atoms with Crippen LogP contribution in [0.1, 0.15) is 26.3 Å². The lowest BCUT2D eigenvalue weighted by atomic mass is 9.99. The van der Waals surface area contributed by atoms with Gasteiger partial charge >= 0.3 is 0 Å². The second kappa shape index (κ2) is 9.18. The normalized spacial score (nSPS) is 13.7. The van der Waals surface area contributed by atoms with Gasteiger partial charge in [0.1, 0.15) is 0 Å². The maximum absolute atomic E-state index is 13.1. The predicted octanol–water partition coefficient (Wildman–Crippen LogP) is 5.10. The van der Waals surface area contributed by atoms with E-state index in [4.69, 9.17) is 0 Å². The highest BCUT2D eigenvalue weighted by atomic mass is 32.2. The smallest absolute Gasteiger partial charge is 0.256 e. The Morgan fingerprint density at radius 3 is 2.37 bits per heavy atom. The Kier molecular flexibility index (Phi) is 6.19. The molecule has 3 aromatic carbocycles. The summed E-state index contributed by atoms with van der Waals surface area (Å²) in [7, 11) is 0. The van der Waals surface area contributed by atoms with Crippen molar-refractivity contribution in [2.24, 2.45) is 0 Å². The Labute approximate surface area is 181 Å². The zero-order valence-electron chi connectivity index (χ0n) is 16.9. The summed E-state index contributed by atoms with van der Waals surface area (Å²) in [6.45, 7) is 3.47. The molecule has 0 bridgehead atoms. The van der Waals surface area contributed by atoms with E-state index >= 15 is 0 Å². The molecule has 1 aliphatic rings. The van der Waals surface area contributed by atoms with E-state index in [0.717, 1.165) is 41.3 Å². The van der Waals surface area contributed by atoms with Crippen molar-refractivity contribution in [2.75, 3.05) is 29.9 Å². The fourth-order valence-corrected chi connectivity index (χ4v) is 4.48. The molecule has 0 unspecified atom stereocenters. The second-order valence-corrected chi connectivity index (χ2v) is 8.52. The number of nitrogens with zero attached hydrogens (tertiary/aromatic N) is 1. The first-order valence-corrected chi connectivity index (χ1v) is 11.2. The van der Waals surface area contributed by atoms with Crippen molar-refractivity contribution in [3.05, 3.63) is 89.5 Å². The number of carbonyl (C=O) groups excluding carboxylic acids is 2. The van der Waals surface area contributed by atoms with Crippen molar-refractivity contribution in [1.29, 1.82) is 0 Å². The van der Waals surface area contributed by atoms with E-state index < -0.39 is 0 Å². The SMILES string of the molecule is Cc1ccc(C(=O)N2CCSCC2)cc1NC(=O)c1ccccc1-c1ccccc1. The van der Waals surface area contributed by atoms with E-state index in [1.54, 1.807) is 6.07 Å². The standard InChI is InChI=1S/C25H24N2O2S/c1-18-11-12-20(25(29)27-13-15-30-16-14-27)17-23(18)26-24(28)22-10-6-5-9-21(22)19-7-3-2-4-8-19/h2-12,17H,13-16H2,1H3,(H,26,28). The molecule has 0 radical (unpaired) electrons. The molecule has 5 heteroatoms. The van der Waals surface area contributed by atoms with Crippen LogP contribution in [0.15, 0.2) is 72.8 Å². The molecule has 0 aromatic heterocycles. The van der Waals surface area contributed by atoms with Gasteiger partial charge in [-0.2, -0.15) is 11.8 Å². The predicted molar refractivity (Wildman–Crippen MR) is 124 cm³/mol. The van der Waals surface area contributed by atoms with Gasteiger partial charge in [-0.3, -0.25) is 9.59 Å². The average Bonchev–Trinajstić information content (AvgIpc) is 2.81. The first kappa shape index (κ1) is 20.2. The van der Waals surface area contributed by atoms with Crippen LogP contribution < -0.4 is 5.32 Å². The summed E-state index contributed by atoms with van der Waals surface area (Å²) in [6.07, 6.45) is 0. The molecule has 1 saturated heterocycles. The minimum absolute atomic E-state index is 0.0236. The number of anilines is 1. The van der Waals surface area contributed by atoms with Gasteiger partial charge in [0.15, 0.2) is 0 Å². The summed E-state index contributed by atoms with van der Waals surface area (Å²) >= 11 is 1.87. The topological polar surface area (TPSA) is 49.4 Å². The van der Waals surface area contributed by atoms with Crippen LogP contribution in [0.2, 0.25) is 0 Å². The molecule has 1 aliphatic heterocycles. The summed E-state index contributed by atoms with van der Waals surface area (Å²) < 4.78 is 0. The zero-order valence-corrected chi connectivity index (χ0v) is 17.7. The van der Waals surface area contributed by atoms with Gasteiger partial charge in [0.25, 0.3) is 11.8 Å². The summed E-state index contributed by atoms with van der Waals surface area (Å²) in [5.41, 5.74) is 4.68. The van der Waals surface area contributed by atoms with Gasteiger partial charge in [-0.25, -0.2) is 0 Å². The highest BCUT2D eigenvalue weighted by Crippen LogP contribution is 2.26. The number of benzene rings is 3. The van der Waals surface area contributed by atoms with Crippen LogP contribution in [0.4, 0.5) is 5.69 Å². The van der Waals surface area contributed by atoms with Gasteiger partial charge in [0, 0.05) is 41.4 Å². The van der Waals surface area contributed by atoms with Gasteiger partial charge in [0.05, 0.1) is 0 Å². The number of thioether (sulfide) groups is 1. The molecule has 0 spiro atoms. The maximum atomic E-state index is 13.1. The van der Waals surface area contributed by atoms with Crippen molar-refractivity contribution in [3.63, 3.8) is 0 Å². The van der Waals surface area contributed by atoms with Gasteiger partial charge in [-0.15, -0.1) is 0 Å². The van der Waals surface area contributed by atoms with Gasteiger partial charge in [-0.05, 0) is 41.8 Å². The van der Waals surface area contributed by atoms with E-state index in [0.29, 0.717) is 16.8 Å². The minimum atomic E-state index is -0.184. The fraction of sp³-hybridized carbons (Fsp3) is 0.200. The molecule has 30 heavy (non-hydrogen) atoms. The van der Waals surface area contributed by atoms with Crippen LogP contribution in [-0.2, 0) is 0 Å². The average molecular weight is 417 g/mol. The molecular formula is C25H24N2O2S. The largest absolute Gasteiger partial charge is 0.337 e. The third-order valence-corrected chi connectivity index (χ3v) is 6.23. The molecule has 3 aromatic rings. The summed E-state index contributed by atoms with van der Waals surface area (Å²) in [4.78, 5) is 27.9. The molecule has 1 N–H and O–H groups in total. The molecule has 152 valence electrons. The maximum Gasteiger partial charge on any atom is 0.256 e. The fourth-order valence-electron chi connectivity index (χ4n) is 3.58. The Hall–Kier alpha value is -3.05. The zero-order chi connectivity index (χ0) is 20.9. The highest BCUT2D eigenvalue weighted by molar-refractivity contribution is 7.99. The molecule has 1 heterocycles. The van der Waals surface area contributed by atoms with E-state index in [9.17, 15) is 9.59 Å². The molecule has 1 fully saturated rings. The lowest BCUT2D eigenvalue weighted by molar-refractivity contribution is 0.0772. The molecule has 4 nitrogen and oxygen atoms in total. The first-order chi connectivity index (χ1) is 14.6. The van der Waals surface area contributed by atoms with Crippen molar-refractivity contribution in [2.45, 2.75) is 6.92 Å². The van der Waals surface area contributed by atoms with Gasteiger partial charge < -0.3 is 10.2 Å². The summed E-state index contributed by atoms with van der Waals surface area (Å²) in [6, 6.07) is 23.0. The molecule has 4 rings (SSSR count). The third kappa shape index (κ3) is 4.41. The lowest BCUT2D eigenvalue weighted by Crippen LogP contribution is -2.37. The van der Waals surface area contributed by atoms with Crippen LogP contribution in [-0.4, -0.2) is 41.3 Å². The van der Waals surface area contributed by atoms with Crippen LogP contribution in [0.5, 0.6) is 0 Å². The Morgan fingerprint density at radius 2 is 1.60 bits per heavy atom. The summed E-state index contributed by atoms with van der Waals surface area (Å²) in [5, 5.41) is 3.02. The van der Waals surface area contributed by atoms with Gasteiger partial charge in [0.2, 0.25) is 0 Å². The third-order valence-electron chi connectivity index (χ3n) is 5.29. The Bertz CT molecular complexity index is 1060. The number of nitrogens with one attached hydrogen (secondary N) is 1. The number of hydrogen-bond acceptors (Lipinski definition) is 3. The van der Waals surface area contributed by atoms with E-state index in [1.807, 2.05) is 90.3 Å². The first-order valence-electron chi connectivity index (χ1n) is 10.1. The number of carbonyl (C=O) groups is 2. The Balaban J connectivity index is 1.59. The molecule has 0 saturated carbocycles. The number of hydrogen-bond donors (Lipinski definition) is 1. The van der Waals surface area contributed by atoms with Crippen molar-refractivity contribution in [3.8, 4) is 11.1 Å². The molecule has 0 atom stereocenters. The number of aryl methyl sites for hydroxylation is 1. The van der Waals surface area contributed by atoms with Crippen LogP contribution >= 0.6 is 11.8 Å². The van der Waals surface area contributed by atoms with E-state index in [2.05, 4.69) is 5.32 Å². The van der Waals surface area contributed by atoms with Crippen LogP contribution in [0, 0.1) is 6.92 Å². The van der Waals surface area contributed by atoms with Crippen molar-refractivity contribution in [1.82, 2.24) is 4.90 Å². The van der Waals surface area contributed by atoms with Gasteiger partial charge in [-0.1, -0.05) is 54.6 Å². The lowest BCUT2D eigenvalue weighted by Gasteiger charge is -2.26. The second-order valence-electron chi connectivity index (χ2n) is 7.30. The van der Waals surface area contributed by atoms with Crippen molar-refractivity contribution < 1.29 is 9.59 Å². The molecular weight excluding hydrogens is 392 g/mol. The van der Waals surface area contributed by atoms with Crippen molar-refractivity contribution >= 4 is 29.3 Å².